The van der Waals surface area contributed by atoms with E-state index in [1.165, 1.54) is 11.3 Å². The summed E-state index contributed by atoms with van der Waals surface area (Å²) in [5, 5.41) is 23.2. The molecule has 0 spiro atoms. The van der Waals surface area contributed by atoms with Crippen LogP contribution in [0.25, 0.3) is 0 Å². The van der Waals surface area contributed by atoms with E-state index in [2.05, 4.69) is 27.4 Å². The molecule has 37 heavy (non-hydrogen) atoms. The average Bonchev–Trinajstić information content (AvgIpc) is 3.44. The number of hydrogen-bond donors (Lipinski definition) is 1. The van der Waals surface area contributed by atoms with Crippen LogP contribution in [0.15, 0.2) is 11.2 Å². The number of carboxylic acid groups (broad SMARTS) is 1. The molecule has 0 radical (unpaired) electrons. The highest BCUT2D eigenvalue weighted by molar-refractivity contribution is 7.99. The van der Waals surface area contributed by atoms with Gasteiger partial charge in [0, 0.05) is 24.6 Å². The quantitative estimate of drug-likeness (QED) is 0.461. The van der Waals surface area contributed by atoms with Gasteiger partial charge in [-0.15, -0.1) is 16.4 Å². The van der Waals surface area contributed by atoms with Crippen LogP contribution < -0.4 is 4.90 Å². The van der Waals surface area contributed by atoms with Crippen LogP contribution in [0.2, 0.25) is 0 Å². The number of carbonyl (C=O) groups excluding carboxylic acids is 1. The van der Waals surface area contributed by atoms with Crippen LogP contribution in [0.3, 0.4) is 0 Å². The number of hydrogen-bond acceptors (Lipinski definition) is 7. The van der Waals surface area contributed by atoms with Crippen molar-refractivity contribution in [2.24, 2.45) is 18.4 Å². The van der Waals surface area contributed by atoms with Gasteiger partial charge in [0.1, 0.15) is 4.88 Å². The molecule has 2 fully saturated rings. The Kier molecular flexibility index (Phi) is 8.34. The number of carbonyl (C=O) groups is 2. The summed E-state index contributed by atoms with van der Waals surface area (Å²) in [4.78, 5) is 28.5. The molecule has 200 valence electrons. The molecule has 2 heterocycles. The second kappa shape index (κ2) is 11.2. The van der Waals surface area contributed by atoms with Crippen molar-refractivity contribution in [3.63, 3.8) is 0 Å². The maximum atomic E-state index is 13.4. The lowest BCUT2D eigenvalue weighted by atomic mass is 9.66. The Morgan fingerprint density at radius 3 is 2.41 bits per heavy atom. The molecule has 0 bridgehead atoms. The molecule has 0 saturated heterocycles. The highest BCUT2D eigenvalue weighted by atomic mass is 32.2. The minimum Gasteiger partial charge on any atom is -0.477 e. The molecule has 0 aromatic carbocycles. The Morgan fingerprint density at radius 1 is 1.19 bits per heavy atom. The largest absolute Gasteiger partial charge is 0.477 e. The van der Waals surface area contributed by atoms with Gasteiger partial charge in [-0.05, 0) is 81.7 Å². The summed E-state index contributed by atoms with van der Waals surface area (Å²) in [6, 6.07) is 1.84. The number of carboxylic acids is 1. The van der Waals surface area contributed by atoms with Crippen LogP contribution >= 0.6 is 23.1 Å². The van der Waals surface area contributed by atoms with Gasteiger partial charge < -0.3 is 10.0 Å². The van der Waals surface area contributed by atoms with E-state index in [-0.39, 0.29) is 21.7 Å². The van der Waals surface area contributed by atoms with Crippen molar-refractivity contribution >= 4 is 40.7 Å². The van der Waals surface area contributed by atoms with E-state index in [9.17, 15) is 14.7 Å². The van der Waals surface area contributed by atoms with Crippen molar-refractivity contribution in [1.82, 2.24) is 20.2 Å². The summed E-state index contributed by atoms with van der Waals surface area (Å²) in [6.07, 6.45) is 9.08. The van der Waals surface area contributed by atoms with E-state index in [1.807, 2.05) is 38.8 Å². The van der Waals surface area contributed by atoms with Gasteiger partial charge in [0.2, 0.25) is 11.1 Å². The third-order valence-corrected chi connectivity index (χ3v) is 9.86. The molecule has 2 aromatic rings. The first-order valence-electron chi connectivity index (χ1n) is 13.1. The molecule has 2 aromatic heterocycles. The fourth-order valence-corrected chi connectivity index (χ4v) is 7.81. The molecule has 0 unspecified atom stereocenters. The van der Waals surface area contributed by atoms with Crippen LogP contribution in [0.4, 0.5) is 5.69 Å². The van der Waals surface area contributed by atoms with Crippen molar-refractivity contribution in [2.75, 3.05) is 4.90 Å². The third-order valence-electron chi connectivity index (χ3n) is 7.48. The monoisotopic (exact) mass is 543 g/mol. The van der Waals surface area contributed by atoms with Gasteiger partial charge in [-0.2, -0.15) is 0 Å². The Hall–Kier alpha value is -2.38. The number of amides is 1. The molecule has 1 N–H and O–H groups in total. The van der Waals surface area contributed by atoms with E-state index >= 15 is 0 Å². The zero-order valence-corrected chi connectivity index (χ0v) is 24.0. The highest BCUT2D eigenvalue weighted by Crippen LogP contribution is 2.50. The number of aryl methyl sites for hydroxylation is 1. The topological polar surface area (TPSA) is 101 Å². The maximum absolute atomic E-state index is 13.4. The Bertz CT molecular complexity index is 1190. The van der Waals surface area contributed by atoms with E-state index < -0.39 is 5.97 Å². The summed E-state index contributed by atoms with van der Waals surface area (Å²) in [7, 11) is 1.86. The highest BCUT2D eigenvalue weighted by Gasteiger charge is 2.48. The number of tetrazole rings is 1. The molecule has 2 aliphatic rings. The van der Waals surface area contributed by atoms with Crippen LogP contribution in [-0.4, -0.2) is 48.0 Å². The van der Waals surface area contributed by atoms with Crippen molar-refractivity contribution in [1.29, 1.82) is 0 Å². The molecule has 2 aliphatic carbocycles. The standard InChI is InChI=1S/C27H37N5O3S2/c1-18(33)32(22-17-21(13-16-26(2,3)4)36-23(22)24(34)35)27(14-7-6-8-15-27)19-9-11-20(12-10-19)37-25-28-29-30-31(25)5/h17,19-20H,6-12,14-15H2,1-5H3,(H,34,35). The van der Waals surface area contributed by atoms with Crippen molar-refractivity contribution in [2.45, 2.75) is 101 Å². The second-order valence-corrected chi connectivity index (χ2v) is 13.6. The molecular formula is C27H37N5O3S2. The fourth-order valence-electron chi connectivity index (χ4n) is 5.90. The number of anilines is 1. The van der Waals surface area contributed by atoms with E-state index in [4.69, 9.17) is 0 Å². The molecule has 10 heteroatoms. The zero-order chi connectivity index (χ0) is 26.8. The van der Waals surface area contributed by atoms with Gasteiger partial charge in [0.25, 0.3) is 0 Å². The first kappa shape index (κ1) is 27.6. The van der Waals surface area contributed by atoms with Gasteiger partial charge in [-0.3, -0.25) is 4.79 Å². The number of aromatic nitrogens is 4. The van der Waals surface area contributed by atoms with Gasteiger partial charge in [0.15, 0.2) is 0 Å². The van der Waals surface area contributed by atoms with Crippen LogP contribution in [-0.2, 0) is 11.8 Å². The van der Waals surface area contributed by atoms with Crippen molar-refractivity contribution in [3.8, 4) is 11.8 Å². The number of nitrogens with zero attached hydrogens (tertiary/aromatic N) is 5. The lowest BCUT2D eigenvalue weighted by molar-refractivity contribution is -0.118. The lowest BCUT2D eigenvalue weighted by Crippen LogP contribution is -2.58. The third kappa shape index (κ3) is 6.20. The predicted octanol–water partition coefficient (Wildman–Crippen LogP) is 5.77. The smallest absolute Gasteiger partial charge is 0.348 e. The van der Waals surface area contributed by atoms with Gasteiger partial charge in [-0.1, -0.05) is 42.9 Å². The van der Waals surface area contributed by atoms with Crippen molar-refractivity contribution in [3.05, 3.63) is 15.8 Å². The zero-order valence-electron chi connectivity index (χ0n) is 22.4. The van der Waals surface area contributed by atoms with Crippen LogP contribution in [0.5, 0.6) is 0 Å². The molecular weight excluding hydrogens is 506 g/mol. The Balaban J connectivity index is 1.66. The molecule has 4 rings (SSSR count). The molecule has 8 nitrogen and oxygen atoms in total. The number of thiophene rings is 1. The summed E-state index contributed by atoms with van der Waals surface area (Å²) < 4.78 is 1.71. The number of thioether (sulfide) groups is 1. The average molecular weight is 544 g/mol. The minimum absolute atomic E-state index is 0.0841. The predicted molar refractivity (Wildman–Crippen MR) is 147 cm³/mol. The first-order valence-corrected chi connectivity index (χ1v) is 14.8. The number of rotatable bonds is 6. The molecule has 1 amide bonds. The molecule has 0 atom stereocenters. The molecule has 0 aliphatic heterocycles. The SMILES string of the molecule is CC(=O)N(c1cc(C#CC(C)(C)C)sc1C(=O)O)C1(C2CCC(Sc3nnnn3C)CC2)CCCCC1. The Morgan fingerprint density at radius 2 is 1.86 bits per heavy atom. The fraction of sp³-hybridized carbons (Fsp3) is 0.667. The first-order chi connectivity index (χ1) is 17.5. The lowest BCUT2D eigenvalue weighted by Gasteiger charge is -2.52. The summed E-state index contributed by atoms with van der Waals surface area (Å²) >= 11 is 2.90. The summed E-state index contributed by atoms with van der Waals surface area (Å²) in [5.74, 6) is 5.61. The van der Waals surface area contributed by atoms with Crippen molar-refractivity contribution < 1.29 is 14.7 Å². The number of aromatic carboxylic acids is 1. The van der Waals surface area contributed by atoms with E-state index in [1.54, 1.807) is 23.4 Å². The normalized spacial score (nSPS) is 21.6. The summed E-state index contributed by atoms with van der Waals surface area (Å²) in [6.45, 7) is 7.67. The second-order valence-electron chi connectivity index (χ2n) is 11.3. The van der Waals surface area contributed by atoms with Crippen LogP contribution in [0, 0.1) is 23.2 Å². The van der Waals surface area contributed by atoms with Crippen LogP contribution in [0.1, 0.15) is 100 Å². The Labute approximate surface area is 227 Å². The maximum Gasteiger partial charge on any atom is 0.348 e. The minimum atomic E-state index is -1.00. The van der Waals surface area contributed by atoms with E-state index in [0.29, 0.717) is 21.7 Å². The van der Waals surface area contributed by atoms with Gasteiger partial charge in [-0.25, -0.2) is 9.48 Å². The molecule has 2 saturated carbocycles. The van der Waals surface area contributed by atoms with Gasteiger partial charge in [0.05, 0.1) is 16.1 Å². The summed E-state index contributed by atoms with van der Waals surface area (Å²) in [5.41, 5.74) is -0.0472. The van der Waals surface area contributed by atoms with E-state index in [0.717, 1.165) is 62.9 Å². The van der Waals surface area contributed by atoms with Gasteiger partial charge >= 0.3 is 5.97 Å².